The summed E-state index contributed by atoms with van der Waals surface area (Å²) in [5.74, 6) is 0.704. The van der Waals surface area contributed by atoms with Gasteiger partial charge in [0.2, 0.25) is 0 Å². The number of rotatable bonds is 3. The van der Waals surface area contributed by atoms with E-state index in [4.69, 9.17) is 0 Å². The van der Waals surface area contributed by atoms with Crippen molar-refractivity contribution in [2.75, 3.05) is 18.4 Å². The summed E-state index contributed by atoms with van der Waals surface area (Å²) in [7, 11) is 0. The third-order valence-corrected chi connectivity index (χ3v) is 3.15. The van der Waals surface area contributed by atoms with Crippen LogP contribution >= 0.6 is 12.4 Å². The number of benzene rings is 1. The number of nitrogens with one attached hydrogen (secondary N) is 2. The van der Waals surface area contributed by atoms with E-state index in [1.807, 2.05) is 0 Å². The molecule has 106 valence electrons. The number of nitro benzene ring substituents is 1. The smallest absolute Gasteiger partial charge is 0.271 e. The van der Waals surface area contributed by atoms with Gasteiger partial charge in [0.05, 0.1) is 22.2 Å². The topological polar surface area (TPSA) is 93.0 Å². The van der Waals surface area contributed by atoms with Gasteiger partial charge in [-0.2, -0.15) is 0 Å². The molecule has 0 spiro atoms. The van der Waals surface area contributed by atoms with Crippen LogP contribution in [-0.4, -0.2) is 34.0 Å². The number of fused-ring (bicyclic) bond motifs is 1. The minimum Gasteiger partial charge on any atom is -0.365 e. The summed E-state index contributed by atoms with van der Waals surface area (Å²) in [6.07, 6.45) is 2.67. The lowest BCUT2D eigenvalue weighted by Gasteiger charge is -2.11. The van der Waals surface area contributed by atoms with E-state index in [-0.39, 0.29) is 18.1 Å². The predicted molar refractivity (Wildman–Crippen MR) is 78.3 cm³/mol. The summed E-state index contributed by atoms with van der Waals surface area (Å²) in [6.45, 7) is 1.92. The van der Waals surface area contributed by atoms with E-state index in [0.29, 0.717) is 22.9 Å². The van der Waals surface area contributed by atoms with Crippen molar-refractivity contribution in [1.29, 1.82) is 0 Å². The predicted octanol–water partition coefficient (Wildman–Crippen LogP) is 1.73. The molecule has 1 aromatic carbocycles. The van der Waals surface area contributed by atoms with Crippen LogP contribution in [0.15, 0.2) is 24.4 Å². The van der Waals surface area contributed by atoms with Crippen molar-refractivity contribution in [1.82, 2.24) is 15.3 Å². The molecular formula is C12H14ClN5O2. The van der Waals surface area contributed by atoms with Gasteiger partial charge in [-0.1, -0.05) is 0 Å². The van der Waals surface area contributed by atoms with E-state index >= 15 is 0 Å². The maximum Gasteiger partial charge on any atom is 0.271 e. The Hall–Kier alpha value is -1.99. The summed E-state index contributed by atoms with van der Waals surface area (Å²) in [5.41, 5.74) is 1.22. The highest BCUT2D eigenvalue weighted by atomic mass is 35.5. The molecule has 0 radical (unpaired) electrons. The second kappa shape index (κ2) is 5.98. The van der Waals surface area contributed by atoms with Crippen molar-refractivity contribution in [3.05, 3.63) is 34.5 Å². The fourth-order valence-electron chi connectivity index (χ4n) is 2.17. The Morgan fingerprint density at radius 3 is 2.95 bits per heavy atom. The fourth-order valence-corrected chi connectivity index (χ4v) is 2.17. The molecule has 1 aromatic heterocycles. The first-order valence-electron chi connectivity index (χ1n) is 6.11. The molecule has 0 saturated carbocycles. The Balaban J connectivity index is 0.00000147. The average Bonchev–Trinajstić information content (AvgIpc) is 2.91. The van der Waals surface area contributed by atoms with Gasteiger partial charge in [0.1, 0.15) is 5.82 Å². The highest BCUT2D eigenvalue weighted by molar-refractivity contribution is 5.85. The SMILES string of the molecule is Cl.O=[N+]([O-])c1ccc2nc(NC3CCNC3)cnc2c1. The number of nitrogens with zero attached hydrogens (tertiary/aromatic N) is 3. The second-order valence-corrected chi connectivity index (χ2v) is 4.52. The molecule has 20 heavy (non-hydrogen) atoms. The quantitative estimate of drug-likeness (QED) is 0.662. The van der Waals surface area contributed by atoms with Crippen LogP contribution in [0.3, 0.4) is 0 Å². The number of hydrogen-bond acceptors (Lipinski definition) is 6. The van der Waals surface area contributed by atoms with Crippen molar-refractivity contribution < 1.29 is 4.92 Å². The van der Waals surface area contributed by atoms with Crippen LogP contribution in [0.1, 0.15) is 6.42 Å². The number of anilines is 1. The van der Waals surface area contributed by atoms with Crippen LogP contribution in [0.5, 0.6) is 0 Å². The zero-order chi connectivity index (χ0) is 13.2. The first-order valence-corrected chi connectivity index (χ1v) is 6.11. The molecule has 2 heterocycles. The maximum atomic E-state index is 10.7. The number of nitro groups is 1. The highest BCUT2D eigenvalue weighted by Gasteiger charge is 2.15. The molecular weight excluding hydrogens is 282 g/mol. The standard InChI is InChI=1S/C12H13N5O2.ClH/c18-17(19)9-1-2-10-11(5-9)14-7-12(16-10)15-8-3-4-13-6-8;/h1-2,5,7-8,13H,3-4,6H2,(H,15,16);1H. The first kappa shape index (κ1) is 14.4. The summed E-state index contributed by atoms with van der Waals surface area (Å²) in [5, 5.41) is 17.2. The Bertz CT molecular complexity index is 630. The Morgan fingerprint density at radius 1 is 1.40 bits per heavy atom. The van der Waals surface area contributed by atoms with Gasteiger partial charge in [0, 0.05) is 24.7 Å². The summed E-state index contributed by atoms with van der Waals surface area (Å²) in [4.78, 5) is 18.9. The van der Waals surface area contributed by atoms with Crippen LogP contribution in [0.4, 0.5) is 11.5 Å². The van der Waals surface area contributed by atoms with Crippen molar-refractivity contribution in [2.24, 2.45) is 0 Å². The Kier molecular flexibility index (Phi) is 4.31. The molecule has 1 unspecified atom stereocenters. The summed E-state index contributed by atoms with van der Waals surface area (Å²) >= 11 is 0. The van der Waals surface area contributed by atoms with Gasteiger partial charge >= 0.3 is 0 Å². The van der Waals surface area contributed by atoms with Crippen LogP contribution in [0, 0.1) is 10.1 Å². The molecule has 2 N–H and O–H groups in total. The number of aromatic nitrogens is 2. The monoisotopic (exact) mass is 295 g/mol. The molecule has 0 bridgehead atoms. The lowest BCUT2D eigenvalue weighted by atomic mass is 10.2. The van der Waals surface area contributed by atoms with Crippen LogP contribution in [0.2, 0.25) is 0 Å². The molecule has 1 saturated heterocycles. The minimum atomic E-state index is -0.433. The fraction of sp³-hybridized carbons (Fsp3) is 0.333. The van der Waals surface area contributed by atoms with Gasteiger partial charge in [0.15, 0.2) is 0 Å². The lowest BCUT2D eigenvalue weighted by Crippen LogP contribution is -2.22. The molecule has 0 aliphatic carbocycles. The van der Waals surface area contributed by atoms with Crippen LogP contribution in [-0.2, 0) is 0 Å². The van der Waals surface area contributed by atoms with Gasteiger partial charge < -0.3 is 10.6 Å². The molecule has 1 atom stereocenters. The van der Waals surface area contributed by atoms with Crippen molar-refractivity contribution in [2.45, 2.75) is 12.5 Å². The largest absolute Gasteiger partial charge is 0.365 e. The highest BCUT2D eigenvalue weighted by Crippen LogP contribution is 2.19. The van der Waals surface area contributed by atoms with Crippen molar-refractivity contribution >= 4 is 34.9 Å². The summed E-state index contributed by atoms with van der Waals surface area (Å²) < 4.78 is 0. The molecule has 3 rings (SSSR count). The first-order chi connectivity index (χ1) is 9.22. The third-order valence-electron chi connectivity index (χ3n) is 3.15. The molecule has 8 heteroatoms. The number of hydrogen-bond donors (Lipinski definition) is 2. The Morgan fingerprint density at radius 2 is 2.25 bits per heavy atom. The normalized spacial score (nSPS) is 17.7. The van der Waals surface area contributed by atoms with E-state index < -0.39 is 4.92 Å². The molecule has 1 aliphatic rings. The van der Waals surface area contributed by atoms with Crippen molar-refractivity contribution in [3.8, 4) is 0 Å². The molecule has 1 aliphatic heterocycles. The maximum absolute atomic E-state index is 10.7. The third kappa shape index (κ3) is 2.94. The van der Waals surface area contributed by atoms with Gasteiger partial charge in [-0.05, 0) is 19.0 Å². The van der Waals surface area contributed by atoms with Gasteiger partial charge in [-0.3, -0.25) is 15.1 Å². The van der Waals surface area contributed by atoms with E-state index in [1.165, 1.54) is 12.1 Å². The van der Waals surface area contributed by atoms with Gasteiger partial charge in [-0.15, -0.1) is 12.4 Å². The Labute approximate surface area is 121 Å². The number of halogens is 1. The molecule has 0 amide bonds. The second-order valence-electron chi connectivity index (χ2n) is 4.52. The van der Waals surface area contributed by atoms with Crippen LogP contribution in [0.25, 0.3) is 11.0 Å². The summed E-state index contributed by atoms with van der Waals surface area (Å²) in [6, 6.07) is 4.87. The molecule has 2 aromatic rings. The zero-order valence-electron chi connectivity index (χ0n) is 10.6. The van der Waals surface area contributed by atoms with Crippen LogP contribution < -0.4 is 10.6 Å². The molecule has 7 nitrogen and oxygen atoms in total. The minimum absolute atomic E-state index is 0. The molecule has 1 fully saturated rings. The number of non-ortho nitro benzene ring substituents is 1. The van der Waals surface area contributed by atoms with Gasteiger partial charge in [0.25, 0.3) is 5.69 Å². The van der Waals surface area contributed by atoms with E-state index in [0.717, 1.165) is 19.5 Å². The van der Waals surface area contributed by atoms with Gasteiger partial charge in [-0.25, -0.2) is 4.98 Å². The average molecular weight is 296 g/mol. The zero-order valence-corrected chi connectivity index (χ0v) is 11.4. The van der Waals surface area contributed by atoms with E-state index in [1.54, 1.807) is 12.3 Å². The van der Waals surface area contributed by atoms with E-state index in [2.05, 4.69) is 20.6 Å². The van der Waals surface area contributed by atoms with E-state index in [9.17, 15) is 10.1 Å². The lowest BCUT2D eigenvalue weighted by molar-refractivity contribution is -0.384. The van der Waals surface area contributed by atoms with Crippen molar-refractivity contribution in [3.63, 3.8) is 0 Å².